The highest BCUT2D eigenvalue weighted by atomic mass is 32.2. The van der Waals surface area contributed by atoms with Gasteiger partial charge in [0.2, 0.25) is 5.88 Å². The van der Waals surface area contributed by atoms with Gasteiger partial charge in [0.15, 0.2) is 0 Å². The number of ether oxygens (including phenoxy) is 1. The van der Waals surface area contributed by atoms with Gasteiger partial charge in [0.1, 0.15) is 5.69 Å². The third-order valence-corrected chi connectivity index (χ3v) is 7.41. The van der Waals surface area contributed by atoms with Crippen LogP contribution < -0.4 is 4.74 Å². The van der Waals surface area contributed by atoms with Crippen molar-refractivity contribution in [2.24, 2.45) is 5.92 Å². The number of likely N-dealkylation sites (tertiary alicyclic amines) is 2. The van der Waals surface area contributed by atoms with E-state index in [1.165, 1.54) is 50.5 Å². The molecule has 6 nitrogen and oxygen atoms in total. The first kappa shape index (κ1) is 17.1. The minimum Gasteiger partial charge on any atom is -0.480 e. The number of nitrogens with zero attached hydrogens (tertiary/aromatic N) is 4. The van der Waals surface area contributed by atoms with Gasteiger partial charge in [-0.2, -0.15) is 0 Å². The summed E-state index contributed by atoms with van der Waals surface area (Å²) in [6.07, 6.45) is 6.88. The number of hydrogen-bond donors (Lipinski definition) is 0. The van der Waals surface area contributed by atoms with E-state index < -0.39 is 0 Å². The number of carbonyl (C=O) groups is 1. The van der Waals surface area contributed by atoms with Crippen molar-refractivity contribution in [3.05, 3.63) is 18.1 Å². The molecule has 1 atom stereocenters. The predicted octanol–water partition coefficient (Wildman–Crippen LogP) is 1.92. The lowest BCUT2D eigenvalue weighted by molar-refractivity contribution is 0.0504. The van der Waals surface area contributed by atoms with Crippen LogP contribution in [0.3, 0.4) is 0 Å². The fourth-order valence-corrected chi connectivity index (χ4v) is 5.83. The van der Waals surface area contributed by atoms with Gasteiger partial charge in [-0.05, 0) is 38.3 Å². The molecule has 0 radical (unpaired) electrons. The lowest BCUT2D eigenvalue weighted by Crippen LogP contribution is -2.61. The first-order valence-corrected chi connectivity index (χ1v) is 10.1. The van der Waals surface area contributed by atoms with E-state index in [1.807, 2.05) is 4.90 Å². The molecule has 1 amide bonds. The fraction of sp³-hybridized carbons (Fsp3) is 0.722. The summed E-state index contributed by atoms with van der Waals surface area (Å²) in [5.41, 5.74) is 0.403. The van der Waals surface area contributed by atoms with E-state index in [-0.39, 0.29) is 10.7 Å². The number of methoxy groups -OCH3 is 1. The summed E-state index contributed by atoms with van der Waals surface area (Å²) in [5.74, 6) is 2.50. The van der Waals surface area contributed by atoms with Crippen molar-refractivity contribution in [3.63, 3.8) is 0 Å². The standard InChI is InChI=1S/C18H26N4O2S/c1-13-3-5-21(6-4-13)14-7-18(25-10-14)11-22(12-18)17(23)15-8-20-16(24-2)9-19-15/h8-9,13-14H,3-7,10-12H2,1-2H3. The van der Waals surface area contributed by atoms with Gasteiger partial charge >= 0.3 is 0 Å². The van der Waals surface area contributed by atoms with E-state index in [4.69, 9.17) is 4.74 Å². The molecule has 136 valence electrons. The van der Waals surface area contributed by atoms with Crippen molar-refractivity contribution in [2.75, 3.05) is 39.0 Å². The topological polar surface area (TPSA) is 58.6 Å². The summed E-state index contributed by atoms with van der Waals surface area (Å²) in [5, 5.41) is 0. The Morgan fingerprint density at radius 1 is 1.28 bits per heavy atom. The zero-order chi connectivity index (χ0) is 17.4. The van der Waals surface area contributed by atoms with E-state index in [0.717, 1.165) is 19.0 Å². The molecule has 4 rings (SSSR count). The summed E-state index contributed by atoms with van der Waals surface area (Å²) >= 11 is 2.06. The van der Waals surface area contributed by atoms with Crippen molar-refractivity contribution in [3.8, 4) is 5.88 Å². The highest BCUT2D eigenvalue weighted by Crippen LogP contribution is 2.47. The molecular weight excluding hydrogens is 336 g/mol. The van der Waals surface area contributed by atoms with Crippen molar-refractivity contribution in [1.29, 1.82) is 0 Å². The van der Waals surface area contributed by atoms with Crippen LogP contribution >= 0.6 is 11.8 Å². The molecule has 3 saturated heterocycles. The van der Waals surface area contributed by atoms with Crippen LogP contribution in [0, 0.1) is 5.92 Å². The van der Waals surface area contributed by atoms with Crippen LogP contribution in [-0.2, 0) is 0 Å². The Hall–Kier alpha value is -1.34. The van der Waals surface area contributed by atoms with Crippen LogP contribution in [0.2, 0.25) is 0 Å². The quantitative estimate of drug-likeness (QED) is 0.819. The fourth-order valence-electron chi connectivity index (χ4n) is 4.16. The Kier molecular flexibility index (Phi) is 4.62. The van der Waals surface area contributed by atoms with E-state index >= 15 is 0 Å². The lowest BCUT2D eigenvalue weighted by atomic mass is 9.89. The van der Waals surface area contributed by atoms with Crippen LogP contribution in [0.15, 0.2) is 12.4 Å². The van der Waals surface area contributed by atoms with Crippen molar-refractivity contribution >= 4 is 17.7 Å². The SMILES string of the molecule is COc1cnc(C(=O)N2CC3(CC(N4CCC(C)CC4)CS3)C2)cn1. The minimum absolute atomic E-state index is 0.0170. The van der Waals surface area contributed by atoms with Crippen LogP contribution in [0.5, 0.6) is 5.88 Å². The van der Waals surface area contributed by atoms with Gasteiger partial charge in [-0.1, -0.05) is 6.92 Å². The Morgan fingerprint density at radius 2 is 2.04 bits per heavy atom. The molecule has 0 bridgehead atoms. The van der Waals surface area contributed by atoms with Gasteiger partial charge in [0.25, 0.3) is 5.91 Å². The number of amides is 1. The molecule has 3 aliphatic heterocycles. The molecule has 1 unspecified atom stereocenters. The minimum atomic E-state index is -0.0170. The second-order valence-electron chi connectivity index (χ2n) is 7.68. The van der Waals surface area contributed by atoms with Crippen molar-refractivity contribution in [2.45, 2.75) is 37.0 Å². The van der Waals surface area contributed by atoms with Crippen molar-refractivity contribution in [1.82, 2.24) is 19.8 Å². The first-order valence-electron chi connectivity index (χ1n) is 9.12. The molecule has 25 heavy (non-hydrogen) atoms. The van der Waals surface area contributed by atoms with E-state index in [1.54, 1.807) is 7.11 Å². The Bertz CT molecular complexity index is 624. The lowest BCUT2D eigenvalue weighted by Gasteiger charge is -2.47. The smallest absolute Gasteiger partial charge is 0.274 e. The largest absolute Gasteiger partial charge is 0.480 e. The molecule has 0 aliphatic carbocycles. The molecule has 0 aromatic carbocycles. The molecule has 0 N–H and O–H groups in total. The highest BCUT2D eigenvalue weighted by molar-refractivity contribution is 8.01. The molecule has 1 spiro atoms. The average Bonchev–Trinajstić information content (AvgIpc) is 3.06. The number of rotatable bonds is 3. The monoisotopic (exact) mass is 362 g/mol. The molecule has 3 fully saturated rings. The zero-order valence-electron chi connectivity index (χ0n) is 15.0. The second kappa shape index (κ2) is 6.76. The summed E-state index contributed by atoms with van der Waals surface area (Å²) in [4.78, 5) is 25.4. The second-order valence-corrected chi connectivity index (χ2v) is 9.16. The molecule has 4 heterocycles. The van der Waals surface area contributed by atoms with Crippen LogP contribution in [0.1, 0.15) is 36.7 Å². The van der Waals surface area contributed by atoms with Crippen LogP contribution in [0.4, 0.5) is 0 Å². The Balaban J connectivity index is 1.31. The number of aromatic nitrogens is 2. The molecule has 1 aromatic heterocycles. The summed E-state index contributed by atoms with van der Waals surface area (Å²) in [6.45, 7) is 6.52. The normalized spacial score (nSPS) is 26.6. The zero-order valence-corrected chi connectivity index (χ0v) is 15.8. The summed E-state index contributed by atoms with van der Waals surface area (Å²) < 4.78 is 5.26. The Labute approximate surface area is 153 Å². The maximum absolute atomic E-state index is 12.5. The van der Waals surface area contributed by atoms with E-state index in [2.05, 4.69) is 33.6 Å². The molecule has 0 saturated carbocycles. The third kappa shape index (κ3) is 3.36. The van der Waals surface area contributed by atoms with Gasteiger partial charge in [-0.3, -0.25) is 9.69 Å². The molecule has 3 aliphatic rings. The van der Waals surface area contributed by atoms with Gasteiger partial charge in [-0.25, -0.2) is 9.97 Å². The van der Waals surface area contributed by atoms with Gasteiger partial charge < -0.3 is 9.64 Å². The number of carbonyl (C=O) groups excluding carboxylic acids is 1. The number of piperidine rings is 1. The van der Waals surface area contributed by atoms with Gasteiger partial charge in [0.05, 0.1) is 24.3 Å². The van der Waals surface area contributed by atoms with Gasteiger partial charge in [-0.15, -0.1) is 11.8 Å². The van der Waals surface area contributed by atoms with Gasteiger partial charge in [0, 0.05) is 24.9 Å². The average molecular weight is 362 g/mol. The highest BCUT2D eigenvalue weighted by Gasteiger charge is 2.51. The molecule has 1 aromatic rings. The third-order valence-electron chi connectivity index (χ3n) is 5.83. The van der Waals surface area contributed by atoms with Crippen molar-refractivity contribution < 1.29 is 9.53 Å². The summed E-state index contributed by atoms with van der Waals surface area (Å²) in [7, 11) is 1.54. The predicted molar refractivity (Wildman–Crippen MR) is 98.1 cm³/mol. The maximum Gasteiger partial charge on any atom is 0.274 e. The number of thioether (sulfide) groups is 1. The van der Waals surface area contributed by atoms with Crippen LogP contribution in [-0.4, -0.2) is 75.5 Å². The van der Waals surface area contributed by atoms with Crippen LogP contribution in [0.25, 0.3) is 0 Å². The first-order chi connectivity index (χ1) is 12.1. The Morgan fingerprint density at radius 3 is 2.68 bits per heavy atom. The van der Waals surface area contributed by atoms with E-state index in [9.17, 15) is 4.79 Å². The summed E-state index contributed by atoms with van der Waals surface area (Å²) in [6, 6.07) is 0.690. The number of hydrogen-bond acceptors (Lipinski definition) is 6. The molecular formula is C18H26N4O2S. The maximum atomic E-state index is 12.5. The molecule has 7 heteroatoms. The van der Waals surface area contributed by atoms with E-state index in [0.29, 0.717) is 17.6 Å².